The van der Waals surface area contributed by atoms with Gasteiger partial charge in [-0.15, -0.1) is 4.83 Å². The van der Waals surface area contributed by atoms with E-state index in [4.69, 9.17) is 0 Å². The average Bonchev–Trinajstić information content (AvgIpc) is 1.60. The van der Waals surface area contributed by atoms with Gasteiger partial charge in [-0.1, -0.05) is 0 Å². The Hall–Kier alpha value is -0.130. The molecule has 0 fully saturated rings. The number of hydrogen-bond donors (Lipinski definition) is 1. The Bertz CT molecular complexity index is 184. The van der Waals surface area contributed by atoms with Crippen LogP contribution >= 0.6 is 0 Å². The zero-order valence-corrected chi connectivity index (χ0v) is 7.57. The third kappa shape index (κ3) is 3.14. The quantitative estimate of drug-likeness (QED) is 0.590. The van der Waals surface area contributed by atoms with Crippen molar-refractivity contribution in [1.29, 1.82) is 0 Å². The maximum atomic E-state index is 11.0. The van der Waals surface area contributed by atoms with Crippen molar-refractivity contribution in [3.63, 3.8) is 0 Å². The van der Waals surface area contributed by atoms with Gasteiger partial charge in [0.15, 0.2) is 0 Å². The highest BCUT2D eigenvalue weighted by atomic mass is 32.2. The van der Waals surface area contributed by atoms with E-state index in [1.807, 2.05) is 0 Å². The molecule has 0 saturated carbocycles. The molecule has 0 amide bonds. The maximum Gasteiger partial charge on any atom is 0.226 e. The van der Waals surface area contributed by atoms with Crippen LogP contribution in [0.3, 0.4) is 0 Å². The molecule has 1 N–H and O–H groups in total. The van der Waals surface area contributed by atoms with Crippen LogP contribution < -0.4 is 4.83 Å². The number of sulfonamides is 1. The monoisotopic (exact) mass is 166 g/mol. The SMILES string of the molecule is CC(C)S(=O)(=O)NN(C)C. The van der Waals surface area contributed by atoms with E-state index in [0.717, 1.165) is 0 Å². The van der Waals surface area contributed by atoms with Gasteiger partial charge in [0.25, 0.3) is 0 Å². The molecule has 0 radical (unpaired) electrons. The fraction of sp³-hybridized carbons (Fsp3) is 1.00. The first-order valence-electron chi connectivity index (χ1n) is 3.05. The van der Waals surface area contributed by atoms with Crippen molar-refractivity contribution in [3.05, 3.63) is 0 Å². The van der Waals surface area contributed by atoms with E-state index in [1.165, 1.54) is 5.01 Å². The summed E-state index contributed by atoms with van der Waals surface area (Å²) >= 11 is 0. The third-order valence-corrected chi connectivity index (χ3v) is 2.79. The fourth-order valence-electron chi connectivity index (χ4n) is 0.360. The van der Waals surface area contributed by atoms with Gasteiger partial charge >= 0.3 is 0 Å². The van der Waals surface area contributed by atoms with Gasteiger partial charge in [-0.05, 0) is 13.8 Å². The van der Waals surface area contributed by atoms with Crippen molar-refractivity contribution in [2.45, 2.75) is 19.1 Å². The summed E-state index contributed by atoms with van der Waals surface area (Å²) in [7, 11) is 0.156. The number of nitrogens with zero attached hydrogens (tertiary/aromatic N) is 1. The molecule has 0 aromatic heterocycles. The first kappa shape index (κ1) is 9.87. The summed E-state index contributed by atoms with van der Waals surface area (Å²) in [5.41, 5.74) is 0. The van der Waals surface area contributed by atoms with Crippen molar-refractivity contribution in [2.75, 3.05) is 14.1 Å². The Morgan fingerprint density at radius 2 is 1.70 bits per heavy atom. The lowest BCUT2D eigenvalue weighted by atomic mass is 10.6. The lowest BCUT2D eigenvalue weighted by Crippen LogP contribution is -2.40. The minimum atomic E-state index is -3.12. The van der Waals surface area contributed by atoms with Gasteiger partial charge in [0.1, 0.15) is 0 Å². The molecule has 0 saturated heterocycles. The topological polar surface area (TPSA) is 49.4 Å². The molecule has 0 rings (SSSR count). The molecule has 0 aliphatic carbocycles. The minimum Gasteiger partial charge on any atom is -0.237 e. The molecule has 0 aromatic carbocycles. The second-order valence-electron chi connectivity index (χ2n) is 2.58. The zero-order chi connectivity index (χ0) is 8.36. The van der Waals surface area contributed by atoms with Gasteiger partial charge in [-0.3, -0.25) is 0 Å². The van der Waals surface area contributed by atoms with Gasteiger partial charge in [-0.2, -0.15) is 0 Å². The van der Waals surface area contributed by atoms with Crippen LogP contribution in [0.4, 0.5) is 0 Å². The minimum absolute atomic E-state index is 0.380. The molecule has 0 spiro atoms. The van der Waals surface area contributed by atoms with E-state index in [0.29, 0.717) is 0 Å². The van der Waals surface area contributed by atoms with Crippen LogP contribution in [0.2, 0.25) is 0 Å². The number of rotatable bonds is 3. The summed E-state index contributed by atoms with van der Waals surface area (Å²) in [5.74, 6) is 0. The molecular formula is C5H14N2O2S. The summed E-state index contributed by atoms with van der Waals surface area (Å²) in [4.78, 5) is 2.32. The maximum absolute atomic E-state index is 11.0. The van der Waals surface area contributed by atoms with Gasteiger partial charge in [-0.25, -0.2) is 13.4 Å². The highest BCUT2D eigenvalue weighted by molar-refractivity contribution is 7.90. The first-order valence-corrected chi connectivity index (χ1v) is 4.59. The molecule has 0 atom stereocenters. The molecule has 0 aromatic rings. The Morgan fingerprint density at radius 3 is 1.80 bits per heavy atom. The van der Waals surface area contributed by atoms with Crippen LogP contribution in [0.15, 0.2) is 0 Å². The lowest BCUT2D eigenvalue weighted by Gasteiger charge is -2.14. The fourth-order valence-corrected chi connectivity index (χ4v) is 1.08. The summed E-state index contributed by atoms with van der Waals surface area (Å²) in [6, 6.07) is 0. The Balaban J connectivity index is 4.16. The molecule has 0 aliphatic rings. The predicted octanol–water partition coefficient (Wildman–Crippen LogP) is -0.209. The van der Waals surface area contributed by atoms with Crippen LogP contribution in [-0.4, -0.2) is 32.8 Å². The van der Waals surface area contributed by atoms with Gasteiger partial charge in [0, 0.05) is 14.1 Å². The van der Waals surface area contributed by atoms with E-state index in [1.54, 1.807) is 27.9 Å². The number of hydrazine groups is 1. The number of hydrogen-bond acceptors (Lipinski definition) is 3. The Morgan fingerprint density at radius 1 is 1.30 bits per heavy atom. The summed E-state index contributed by atoms with van der Waals surface area (Å²) in [5, 5.41) is 1.03. The van der Waals surface area contributed by atoms with Crippen LogP contribution in [0.1, 0.15) is 13.8 Å². The van der Waals surface area contributed by atoms with Gasteiger partial charge < -0.3 is 0 Å². The first-order chi connectivity index (χ1) is 4.36. The zero-order valence-electron chi connectivity index (χ0n) is 6.75. The molecule has 0 unspecified atom stereocenters. The van der Waals surface area contributed by atoms with E-state index in [2.05, 4.69) is 4.83 Å². The molecule has 10 heavy (non-hydrogen) atoms. The molecule has 0 bridgehead atoms. The number of nitrogens with one attached hydrogen (secondary N) is 1. The predicted molar refractivity (Wildman–Crippen MR) is 40.9 cm³/mol. The third-order valence-electron chi connectivity index (χ3n) is 0.930. The van der Waals surface area contributed by atoms with Crippen molar-refractivity contribution in [2.24, 2.45) is 0 Å². The smallest absolute Gasteiger partial charge is 0.226 e. The Labute approximate surface area is 62.2 Å². The van der Waals surface area contributed by atoms with Gasteiger partial charge in [0.2, 0.25) is 10.0 Å². The molecule has 0 heterocycles. The molecule has 5 heteroatoms. The summed E-state index contributed by atoms with van der Waals surface area (Å²) in [6.07, 6.45) is 0. The normalized spacial score (nSPS) is 13.0. The second-order valence-corrected chi connectivity index (χ2v) is 4.79. The van der Waals surface area contributed by atoms with Crippen LogP contribution in [0.25, 0.3) is 0 Å². The van der Waals surface area contributed by atoms with Crippen LogP contribution in [0, 0.1) is 0 Å². The second kappa shape index (κ2) is 3.32. The largest absolute Gasteiger partial charge is 0.237 e. The van der Waals surface area contributed by atoms with Gasteiger partial charge in [0.05, 0.1) is 5.25 Å². The van der Waals surface area contributed by atoms with Crippen LogP contribution in [-0.2, 0) is 10.0 Å². The highest BCUT2D eigenvalue weighted by Crippen LogP contribution is 1.94. The molecular weight excluding hydrogens is 152 g/mol. The molecule has 4 nitrogen and oxygen atoms in total. The Kier molecular flexibility index (Phi) is 3.27. The lowest BCUT2D eigenvalue weighted by molar-refractivity contribution is 0.362. The summed E-state index contributed by atoms with van der Waals surface area (Å²) < 4.78 is 22.0. The average molecular weight is 166 g/mol. The van der Waals surface area contributed by atoms with Crippen LogP contribution in [0.5, 0.6) is 0 Å². The standard InChI is InChI=1S/C5H14N2O2S/c1-5(2)10(8,9)6-7(3)4/h5-6H,1-4H3. The van der Waals surface area contributed by atoms with E-state index >= 15 is 0 Å². The van der Waals surface area contributed by atoms with Crippen molar-refractivity contribution in [3.8, 4) is 0 Å². The summed E-state index contributed by atoms with van der Waals surface area (Å²) in [6.45, 7) is 3.26. The van der Waals surface area contributed by atoms with E-state index in [-0.39, 0.29) is 5.25 Å². The van der Waals surface area contributed by atoms with Crippen molar-refractivity contribution >= 4 is 10.0 Å². The highest BCUT2D eigenvalue weighted by Gasteiger charge is 2.15. The van der Waals surface area contributed by atoms with E-state index < -0.39 is 10.0 Å². The van der Waals surface area contributed by atoms with Crippen molar-refractivity contribution in [1.82, 2.24) is 9.84 Å². The molecule has 0 aliphatic heterocycles. The van der Waals surface area contributed by atoms with E-state index in [9.17, 15) is 8.42 Å². The molecule has 62 valence electrons. The van der Waals surface area contributed by atoms with Crippen molar-refractivity contribution < 1.29 is 8.42 Å².